The van der Waals surface area contributed by atoms with Crippen molar-refractivity contribution in [2.24, 2.45) is 4.99 Å². The second-order valence-corrected chi connectivity index (χ2v) is 3.75. The predicted octanol–water partition coefficient (Wildman–Crippen LogP) is 1.64. The zero-order valence-electron chi connectivity index (χ0n) is 8.41. The van der Waals surface area contributed by atoms with Gasteiger partial charge in [-0.2, -0.15) is 4.99 Å². The number of esters is 1. The molecule has 2 aliphatic rings. The Morgan fingerprint density at radius 3 is 2.79 bits per heavy atom. The summed E-state index contributed by atoms with van der Waals surface area (Å²) in [6, 6.07) is 0. The van der Waals surface area contributed by atoms with Gasteiger partial charge in [-0.15, -0.1) is 0 Å². The van der Waals surface area contributed by atoms with E-state index in [0.717, 1.165) is 25.7 Å². The van der Waals surface area contributed by atoms with E-state index in [-0.39, 0.29) is 5.90 Å². The SMILES string of the molecule is CCOC1=NC2(CCCCC2)OC1=O. The molecule has 1 heterocycles. The maximum Gasteiger partial charge on any atom is 0.396 e. The summed E-state index contributed by atoms with van der Waals surface area (Å²) in [7, 11) is 0. The summed E-state index contributed by atoms with van der Waals surface area (Å²) in [5.41, 5.74) is -0.570. The van der Waals surface area contributed by atoms with Crippen LogP contribution in [0.15, 0.2) is 4.99 Å². The van der Waals surface area contributed by atoms with E-state index >= 15 is 0 Å². The number of carbonyl (C=O) groups is 1. The van der Waals surface area contributed by atoms with Gasteiger partial charge in [0, 0.05) is 12.8 Å². The molecule has 1 aliphatic carbocycles. The third kappa shape index (κ3) is 1.61. The number of carbonyl (C=O) groups excluding carboxylic acids is 1. The first-order valence-corrected chi connectivity index (χ1v) is 5.22. The smallest absolute Gasteiger partial charge is 0.396 e. The molecule has 1 saturated carbocycles. The van der Waals surface area contributed by atoms with Gasteiger partial charge in [-0.25, -0.2) is 4.79 Å². The lowest BCUT2D eigenvalue weighted by Crippen LogP contribution is -2.30. The number of nitrogens with zero attached hydrogens (tertiary/aromatic N) is 1. The molecule has 0 N–H and O–H groups in total. The first-order chi connectivity index (χ1) is 6.76. The fraction of sp³-hybridized carbons (Fsp3) is 0.800. The van der Waals surface area contributed by atoms with E-state index in [9.17, 15) is 4.79 Å². The van der Waals surface area contributed by atoms with Crippen molar-refractivity contribution in [1.29, 1.82) is 0 Å². The summed E-state index contributed by atoms with van der Waals surface area (Å²) >= 11 is 0. The summed E-state index contributed by atoms with van der Waals surface area (Å²) in [6.45, 7) is 2.30. The van der Waals surface area contributed by atoms with Crippen LogP contribution in [0.3, 0.4) is 0 Å². The minimum atomic E-state index is -0.570. The van der Waals surface area contributed by atoms with E-state index < -0.39 is 11.7 Å². The van der Waals surface area contributed by atoms with Gasteiger partial charge in [-0.1, -0.05) is 6.42 Å². The molecule has 0 bridgehead atoms. The molecule has 0 saturated heterocycles. The van der Waals surface area contributed by atoms with Crippen LogP contribution in [-0.4, -0.2) is 24.2 Å². The van der Waals surface area contributed by atoms with Gasteiger partial charge in [0.05, 0.1) is 6.61 Å². The number of rotatable bonds is 1. The number of hydrogen-bond acceptors (Lipinski definition) is 4. The van der Waals surface area contributed by atoms with Crippen molar-refractivity contribution in [2.75, 3.05) is 6.61 Å². The van der Waals surface area contributed by atoms with Crippen LogP contribution in [-0.2, 0) is 14.3 Å². The van der Waals surface area contributed by atoms with Gasteiger partial charge in [0.25, 0.3) is 0 Å². The second-order valence-electron chi connectivity index (χ2n) is 3.75. The molecule has 2 rings (SSSR count). The second kappa shape index (κ2) is 3.59. The molecule has 1 fully saturated rings. The lowest BCUT2D eigenvalue weighted by atomic mass is 9.92. The number of ether oxygens (including phenoxy) is 2. The topological polar surface area (TPSA) is 47.9 Å². The standard InChI is InChI=1S/C10H15NO3/c1-2-13-8-9(12)14-10(11-8)6-4-3-5-7-10/h2-7H2,1H3. The normalized spacial score (nSPS) is 24.6. The minimum absolute atomic E-state index is 0.161. The lowest BCUT2D eigenvalue weighted by molar-refractivity contribution is -0.149. The number of hydrogen-bond donors (Lipinski definition) is 0. The Kier molecular flexibility index (Phi) is 2.44. The van der Waals surface area contributed by atoms with Crippen LogP contribution in [0.25, 0.3) is 0 Å². The molecule has 0 aromatic rings. The van der Waals surface area contributed by atoms with E-state index in [4.69, 9.17) is 9.47 Å². The Balaban J connectivity index is 2.11. The Morgan fingerprint density at radius 2 is 2.14 bits per heavy atom. The molecule has 78 valence electrons. The van der Waals surface area contributed by atoms with Crippen LogP contribution in [0.5, 0.6) is 0 Å². The van der Waals surface area contributed by atoms with Crippen molar-refractivity contribution >= 4 is 11.9 Å². The summed E-state index contributed by atoms with van der Waals surface area (Å²) < 4.78 is 10.4. The Morgan fingerprint density at radius 1 is 1.43 bits per heavy atom. The van der Waals surface area contributed by atoms with Crippen molar-refractivity contribution in [3.05, 3.63) is 0 Å². The zero-order chi connectivity index (χ0) is 10.0. The molecule has 0 aromatic carbocycles. The summed E-state index contributed by atoms with van der Waals surface area (Å²) in [5.74, 6) is -0.233. The molecule has 1 spiro atoms. The molecular formula is C10H15NO3. The highest BCUT2D eigenvalue weighted by molar-refractivity contribution is 6.34. The molecule has 14 heavy (non-hydrogen) atoms. The van der Waals surface area contributed by atoms with Crippen LogP contribution < -0.4 is 0 Å². The lowest BCUT2D eigenvalue weighted by Gasteiger charge is -2.28. The Bertz CT molecular complexity index is 267. The van der Waals surface area contributed by atoms with Crippen LogP contribution in [0.4, 0.5) is 0 Å². The van der Waals surface area contributed by atoms with Gasteiger partial charge in [0.1, 0.15) is 0 Å². The zero-order valence-corrected chi connectivity index (χ0v) is 8.41. The molecule has 0 unspecified atom stereocenters. The highest BCUT2D eigenvalue weighted by atomic mass is 16.6. The quantitative estimate of drug-likeness (QED) is 0.600. The van der Waals surface area contributed by atoms with Gasteiger partial charge >= 0.3 is 11.9 Å². The Hall–Kier alpha value is -1.06. The summed E-state index contributed by atoms with van der Waals surface area (Å²) in [4.78, 5) is 15.6. The van der Waals surface area contributed by atoms with E-state index in [1.54, 1.807) is 0 Å². The highest BCUT2D eigenvalue weighted by Gasteiger charge is 2.43. The maximum atomic E-state index is 11.4. The van der Waals surface area contributed by atoms with E-state index in [1.165, 1.54) is 6.42 Å². The first kappa shape index (κ1) is 9.49. The fourth-order valence-corrected chi connectivity index (χ4v) is 2.02. The molecule has 0 amide bonds. The summed E-state index contributed by atoms with van der Waals surface area (Å²) in [5, 5.41) is 0. The van der Waals surface area contributed by atoms with Gasteiger partial charge in [-0.05, 0) is 19.8 Å². The van der Waals surface area contributed by atoms with Gasteiger partial charge in [-0.3, -0.25) is 0 Å². The van der Waals surface area contributed by atoms with E-state index in [1.807, 2.05) is 6.92 Å². The van der Waals surface area contributed by atoms with Crippen molar-refractivity contribution < 1.29 is 14.3 Å². The van der Waals surface area contributed by atoms with Crippen molar-refractivity contribution in [1.82, 2.24) is 0 Å². The molecule has 1 aliphatic heterocycles. The van der Waals surface area contributed by atoms with Crippen molar-refractivity contribution in [3.63, 3.8) is 0 Å². The highest BCUT2D eigenvalue weighted by Crippen LogP contribution is 2.36. The van der Waals surface area contributed by atoms with Crippen LogP contribution in [0, 0.1) is 0 Å². The van der Waals surface area contributed by atoms with Gasteiger partial charge < -0.3 is 9.47 Å². The average molecular weight is 197 g/mol. The molecule has 4 heteroatoms. The molecule has 4 nitrogen and oxygen atoms in total. The van der Waals surface area contributed by atoms with Crippen LogP contribution >= 0.6 is 0 Å². The molecule has 0 aromatic heterocycles. The third-order valence-electron chi connectivity index (χ3n) is 2.68. The van der Waals surface area contributed by atoms with E-state index in [2.05, 4.69) is 4.99 Å². The van der Waals surface area contributed by atoms with Gasteiger partial charge in [0.2, 0.25) is 5.72 Å². The maximum absolute atomic E-state index is 11.4. The van der Waals surface area contributed by atoms with Gasteiger partial charge in [0.15, 0.2) is 0 Å². The van der Waals surface area contributed by atoms with Crippen LogP contribution in [0.2, 0.25) is 0 Å². The largest absolute Gasteiger partial charge is 0.473 e. The average Bonchev–Trinajstić information content (AvgIpc) is 2.45. The first-order valence-electron chi connectivity index (χ1n) is 5.22. The summed E-state index contributed by atoms with van der Waals surface area (Å²) in [6.07, 6.45) is 5.05. The van der Waals surface area contributed by atoms with Crippen LogP contribution in [0.1, 0.15) is 39.0 Å². The van der Waals surface area contributed by atoms with Crippen molar-refractivity contribution in [3.8, 4) is 0 Å². The molecule has 0 radical (unpaired) electrons. The third-order valence-corrected chi connectivity index (χ3v) is 2.68. The molecular weight excluding hydrogens is 182 g/mol. The number of aliphatic imine (C=N–C) groups is 1. The molecule has 0 atom stereocenters. The minimum Gasteiger partial charge on any atom is -0.473 e. The van der Waals surface area contributed by atoms with E-state index in [0.29, 0.717) is 6.61 Å². The van der Waals surface area contributed by atoms with Crippen molar-refractivity contribution in [2.45, 2.75) is 44.8 Å². The Labute approximate surface area is 83.3 Å². The monoisotopic (exact) mass is 197 g/mol. The fourth-order valence-electron chi connectivity index (χ4n) is 2.02. The predicted molar refractivity (Wildman–Crippen MR) is 51.0 cm³/mol.